The fourth-order valence-corrected chi connectivity index (χ4v) is 1.36. The van der Waals surface area contributed by atoms with Crippen molar-refractivity contribution >= 4 is 0 Å². The fraction of sp³-hybridized carbons (Fsp3) is 0.200. The lowest BCUT2D eigenvalue weighted by Crippen LogP contribution is -1.78. The molecular weight excluding hydrogens is 212 g/mol. The first-order chi connectivity index (χ1) is 8.00. The molecule has 0 spiro atoms. The molecule has 0 aliphatic rings. The number of aromatic hydroxyl groups is 2. The van der Waals surface area contributed by atoms with Gasteiger partial charge in [-0.15, -0.1) is 0 Å². The first-order valence-corrected chi connectivity index (χ1v) is 5.51. The normalized spacial score (nSPS) is 9.35. The summed E-state index contributed by atoms with van der Waals surface area (Å²) in [6.07, 6.45) is 0. The van der Waals surface area contributed by atoms with Crippen LogP contribution in [0.2, 0.25) is 0 Å². The Balaban J connectivity index is 0.000000171. The van der Waals surface area contributed by atoms with Crippen LogP contribution in [0.1, 0.15) is 16.7 Å². The van der Waals surface area contributed by atoms with Crippen molar-refractivity contribution in [2.75, 3.05) is 0 Å². The average molecular weight is 230 g/mol. The van der Waals surface area contributed by atoms with Gasteiger partial charge in [-0.2, -0.15) is 0 Å². The lowest BCUT2D eigenvalue weighted by Gasteiger charge is -1.99. The first-order valence-electron chi connectivity index (χ1n) is 5.51. The Labute approximate surface area is 102 Å². The van der Waals surface area contributed by atoms with Gasteiger partial charge in [0.25, 0.3) is 0 Å². The number of phenolic OH excluding ortho intramolecular Hbond substituents is 2. The van der Waals surface area contributed by atoms with Crippen LogP contribution in [0.25, 0.3) is 0 Å². The fourth-order valence-electron chi connectivity index (χ4n) is 1.36. The molecule has 0 aliphatic heterocycles. The zero-order chi connectivity index (χ0) is 12.8. The summed E-state index contributed by atoms with van der Waals surface area (Å²) in [7, 11) is 0. The van der Waals surface area contributed by atoms with Gasteiger partial charge < -0.3 is 10.2 Å². The molecule has 2 aromatic rings. The van der Waals surface area contributed by atoms with E-state index in [1.165, 1.54) is 0 Å². The van der Waals surface area contributed by atoms with Crippen molar-refractivity contribution < 1.29 is 10.2 Å². The maximum absolute atomic E-state index is 9.10. The predicted octanol–water partition coefficient (Wildman–Crippen LogP) is 3.71. The maximum Gasteiger partial charge on any atom is 0.118 e. The molecule has 0 unspecified atom stereocenters. The highest BCUT2D eigenvalue weighted by molar-refractivity contribution is 5.36. The molecular formula is C15H18O2. The zero-order valence-electron chi connectivity index (χ0n) is 10.4. The largest absolute Gasteiger partial charge is 0.508 e. The van der Waals surface area contributed by atoms with Gasteiger partial charge in [-0.1, -0.05) is 24.3 Å². The second-order valence-corrected chi connectivity index (χ2v) is 4.06. The number of hydrogen-bond acceptors (Lipinski definition) is 2. The van der Waals surface area contributed by atoms with Gasteiger partial charge in [0.15, 0.2) is 0 Å². The smallest absolute Gasteiger partial charge is 0.118 e. The molecule has 0 heterocycles. The average Bonchev–Trinajstić information content (AvgIpc) is 2.26. The van der Waals surface area contributed by atoms with Crippen LogP contribution in [0.5, 0.6) is 11.5 Å². The number of aryl methyl sites for hydroxylation is 2. The third kappa shape index (κ3) is 4.19. The van der Waals surface area contributed by atoms with E-state index in [2.05, 4.69) is 0 Å². The van der Waals surface area contributed by atoms with Crippen LogP contribution in [0.3, 0.4) is 0 Å². The third-order valence-electron chi connectivity index (χ3n) is 2.58. The lowest BCUT2D eigenvalue weighted by atomic mass is 10.1. The van der Waals surface area contributed by atoms with Gasteiger partial charge >= 0.3 is 0 Å². The van der Waals surface area contributed by atoms with E-state index in [1.807, 2.05) is 45.0 Å². The summed E-state index contributed by atoms with van der Waals surface area (Å²) >= 11 is 0. The van der Waals surface area contributed by atoms with Gasteiger partial charge in [-0.3, -0.25) is 0 Å². The van der Waals surface area contributed by atoms with Crippen molar-refractivity contribution in [3.8, 4) is 11.5 Å². The minimum absolute atomic E-state index is 0.338. The van der Waals surface area contributed by atoms with E-state index in [4.69, 9.17) is 10.2 Å². The van der Waals surface area contributed by atoms with Gasteiger partial charge in [0, 0.05) is 0 Å². The van der Waals surface area contributed by atoms with Gasteiger partial charge in [0.2, 0.25) is 0 Å². The second kappa shape index (κ2) is 5.94. The van der Waals surface area contributed by atoms with Crippen molar-refractivity contribution in [3.05, 3.63) is 59.2 Å². The molecule has 0 amide bonds. The van der Waals surface area contributed by atoms with Crippen LogP contribution in [0.15, 0.2) is 42.5 Å². The predicted molar refractivity (Wildman–Crippen MR) is 70.4 cm³/mol. The molecule has 0 saturated carbocycles. The summed E-state index contributed by atoms with van der Waals surface area (Å²) < 4.78 is 0. The molecule has 17 heavy (non-hydrogen) atoms. The van der Waals surface area contributed by atoms with Crippen molar-refractivity contribution in [3.63, 3.8) is 0 Å². The highest BCUT2D eigenvalue weighted by atomic mass is 16.3. The van der Waals surface area contributed by atoms with E-state index in [1.54, 1.807) is 18.2 Å². The minimum Gasteiger partial charge on any atom is -0.508 e. The quantitative estimate of drug-likeness (QED) is 0.724. The summed E-state index contributed by atoms with van der Waals surface area (Å²) in [4.78, 5) is 0. The summed E-state index contributed by atoms with van der Waals surface area (Å²) in [5.74, 6) is 0.722. The molecule has 0 saturated heterocycles. The molecule has 0 fully saturated rings. The molecule has 0 bridgehead atoms. The van der Waals surface area contributed by atoms with Crippen molar-refractivity contribution in [1.29, 1.82) is 0 Å². The van der Waals surface area contributed by atoms with E-state index in [0.29, 0.717) is 11.5 Å². The van der Waals surface area contributed by atoms with E-state index in [0.717, 1.165) is 16.7 Å². The summed E-state index contributed by atoms with van der Waals surface area (Å²) in [6, 6.07) is 12.7. The molecule has 2 aromatic carbocycles. The Hall–Kier alpha value is -1.96. The van der Waals surface area contributed by atoms with Crippen molar-refractivity contribution in [2.45, 2.75) is 20.8 Å². The Morgan fingerprint density at radius 3 is 1.88 bits per heavy atom. The zero-order valence-corrected chi connectivity index (χ0v) is 10.4. The molecule has 2 N–H and O–H groups in total. The number of rotatable bonds is 0. The van der Waals surface area contributed by atoms with E-state index in [9.17, 15) is 0 Å². The molecule has 0 radical (unpaired) electrons. The summed E-state index contributed by atoms with van der Waals surface area (Å²) in [5, 5.41) is 17.9. The van der Waals surface area contributed by atoms with Gasteiger partial charge in [0.1, 0.15) is 11.5 Å². The summed E-state index contributed by atoms with van der Waals surface area (Å²) in [6.45, 7) is 5.83. The SMILES string of the molecule is Cc1cccc(O)c1.Cc1cccc(O)c1C. The molecule has 90 valence electrons. The minimum atomic E-state index is 0.338. The highest BCUT2D eigenvalue weighted by Crippen LogP contribution is 2.17. The molecule has 0 atom stereocenters. The van der Waals surface area contributed by atoms with Gasteiger partial charge in [0.05, 0.1) is 0 Å². The Morgan fingerprint density at radius 1 is 0.824 bits per heavy atom. The van der Waals surface area contributed by atoms with Gasteiger partial charge in [-0.05, 0) is 55.7 Å². The van der Waals surface area contributed by atoms with Crippen molar-refractivity contribution in [2.24, 2.45) is 0 Å². The maximum atomic E-state index is 9.10. The molecule has 2 heteroatoms. The molecule has 2 rings (SSSR count). The topological polar surface area (TPSA) is 40.5 Å². The Kier molecular flexibility index (Phi) is 4.58. The molecule has 2 nitrogen and oxygen atoms in total. The first kappa shape index (κ1) is 13.1. The lowest BCUT2D eigenvalue weighted by molar-refractivity contribution is 0.470. The molecule has 0 aromatic heterocycles. The van der Waals surface area contributed by atoms with Crippen LogP contribution in [0.4, 0.5) is 0 Å². The van der Waals surface area contributed by atoms with E-state index in [-0.39, 0.29) is 0 Å². The number of hydrogen-bond donors (Lipinski definition) is 2. The second-order valence-electron chi connectivity index (χ2n) is 4.06. The standard InChI is InChI=1S/C8H10O.C7H8O/c1-6-4-3-5-8(9)7(6)2;1-6-3-2-4-7(8)5-6/h3-5,9H,1-2H3;2-5,8H,1H3. The number of benzene rings is 2. The van der Waals surface area contributed by atoms with Crippen molar-refractivity contribution in [1.82, 2.24) is 0 Å². The third-order valence-corrected chi connectivity index (χ3v) is 2.58. The highest BCUT2D eigenvalue weighted by Gasteiger charge is 1.94. The van der Waals surface area contributed by atoms with Crippen LogP contribution >= 0.6 is 0 Å². The van der Waals surface area contributed by atoms with Crippen LogP contribution in [-0.4, -0.2) is 10.2 Å². The van der Waals surface area contributed by atoms with Crippen LogP contribution in [0, 0.1) is 20.8 Å². The van der Waals surface area contributed by atoms with E-state index >= 15 is 0 Å². The molecule has 0 aliphatic carbocycles. The van der Waals surface area contributed by atoms with Gasteiger partial charge in [-0.25, -0.2) is 0 Å². The van der Waals surface area contributed by atoms with Crippen LogP contribution in [-0.2, 0) is 0 Å². The van der Waals surface area contributed by atoms with E-state index < -0.39 is 0 Å². The monoisotopic (exact) mass is 230 g/mol. The Bertz CT molecular complexity index is 453. The summed E-state index contributed by atoms with van der Waals surface area (Å²) in [5.41, 5.74) is 3.19. The number of phenols is 2. The van der Waals surface area contributed by atoms with Crippen LogP contribution < -0.4 is 0 Å². The Morgan fingerprint density at radius 2 is 1.47 bits per heavy atom.